The Morgan fingerprint density at radius 1 is 1.06 bits per heavy atom. The van der Waals surface area contributed by atoms with Crippen molar-refractivity contribution in [3.63, 3.8) is 0 Å². The van der Waals surface area contributed by atoms with Crippen molar-refractivity contribution in [1.29, 1.82) is 0 Å². The van der Waals surface area contributed by atoms with Crippen LogP contribution in [0.2, 0.25) is 0 Å². The maximum Gasteiger partial charge on any atom is 0.416 e. The molecule has 1 aliphatic heterocycles. The third kappa shape index (κ3) is 8.19. The third-order valence-corrected chi connectivity index (χ3v) is 7.94. The number of nitrogens with zero attached hydrogens (tertiary/aromatic N) is 5. The third-order valence-electron chi connectivity index (χ3n) is 7.94. The molecule has 0 unspecified atom stereocenters. The van der Waals surface area contributed by atoms with E-state index in [9.17, 15) is 18.0 Å². The number of amidine groups is 1. The van der Waals surface area contributed by atoms with Crippen molar-refractivity contribution < 1.29 is 18.0 Å². The van der Waals surface area contributed by atoms with Crippen LogP contribution in [0.4, 0.5) is 24.5 Å². The molecule has 2 aromatic heterocycles. The highest BCUT2D eigenvalue weighted by Crippen LogP contribution is 2.35. The number of halogens is 3. The molecule has 1 saturated heterocycles. The number of aryl methyl sites for hydroxylation is 1. The van der Waals surface area contributed by atoms with Gasteiger partial charge in [0.15, 0.2) is 5.65 Å². The van der Waals surface area contributed by atoms with Gasteiger partial charge < -0.3 is 20.9 Å². The minimum Gasteiger partial charge on any atom is -0.394 e. The molecule has 0 aliphatic carbocycles. The molecular weight excluding hydrogens is 605 g/mol. The van der Waals surface area contributed by atoms with Crippen molar-refractivity contribution in [2.75, 3.05) is 58.0 Å². The second kappa shape index (κ2) is 14.5. The van der Waals surface area contributed by atoms with Crippen molar-refractivity contribution in [1.82, 2.24) is 24.5 Å². The molecule has 9 nitrogen and oxygen atoms in total. The minimum absolute atomic E-state index is 0.0746. The number of hydrogen-bond donors (Lipinski definition) is 3. The lowest BCUT2D eigenvalue weighted by Crippen LogP contribution is -2.44. The second-order valence-electron chi connectivity index (χ2n) is 11.3. The summed E-state index contributed by atoms with van der Waals surface area (Å²) in [6, 6.07) is 12.8. The molecule has 12 heteroatoms. The van der Waals surface area contributed by atoms with Gasteiger partial charge in [0.2, 0.25) is 0 Å². The van der Waals surface area contributed by atoms with Crippen LogP contribution >= 0.6 is 0 Å². The molecule has 1 fully saturated rings. The van der Waals surface area contributed by atoms with Crippen molar-refractivity contribution in [2.45, 2.75) is 19.6 Å². The normalized spacial score (nSPS) is 14.7. The summed E-state index contributed by atoms with van der Waals surface area (Å²) in [5.41, 5.74) is 3.29. The minimum atomic E-state index is -4.56. The number of imidazole rings is 1. The van der Waals surface area contributed by atoms with E-state index in [0.29, 0.717) is 35.8 Å². The van der Waals surface area contributed by atoms with Crippen LogP contribution in [0.25, 0.3) is 5.65 Å². The van der Waals surface area contributed by atoms with Crippen LogP contribution in [0, 0.1) is 18.8 Å². The number of carbonyl (C=O) groups excluding carboxylic acids is 1. The number of aliphatic imine (C=N–C) groups is 1. The Labute approximate surface area is 272 Å². The smallest absolute Gasteiger partial charge is 0.394 e. The highest BCUT2D eigenvalue weighted by molar-refractivity contribution is 6.05. The van der Waals surface area contributed by atoms with Crippen LogP contribution < -0.4 is 16.0 Å². The Morgan fingerprint density at radius 3 is 2.57 bits per heavy atom. The van der Waals surface area contributed by atoms with Crippen LogP contribution in [0.1, 0.15) is 38.3 Å². The first-order chi connectivity index (χ1) is 22.5. The fourth-order valence-corrected chi connectivity index (χ4v) is 5.21. The van der Waals surface area contributed by atoms with Gasteiger partial charge in [0, 0.05) is 69.8 Å². The molecule has 1 aliphatic rings. The molecule has 5 rings (SSSR count). The Morgan fingerprint density at radius 2 is 1.85 bits per heavy atom. The second-order valence-corrected chi connectivity index (χ2v) is 11.3. The molecule has 4 aromatic rings. The molecule has 0 radical (unpaired) electrons. The van der Waals surface area contributed by atoms with E-state index in [1.807, 2.05) is 41.6 Å². The number of rotatable bonds is 7. The molecular formula is C35H37F3N8O. The summed E-state index contributed by atoms with van der Waals surface area (Å²) in [5.74, 6) is 6.39. The van der Waals surface area contributed by atoms with E-state index < -0.39 is 17.6 Å². The first-order valence-electron chi connectivity index (χ1n) is 15.1. The van der Waals surface area contributed by atoms with Crippen molar-refractivity contribution >= 4 is 28.8 Å². The average molecular weight is 643 g/mol. The van der Waals surface area contributed by atoms with Crippen LogP contribution in [0.15, 0.2) is 78.2 Å². The Hall–Kier alpha value is -5.12. The van der Waals surface area contributed by atoms with E-state index in [4.69, 9.17) is 0 Å². The van der Waals surface area contributed by atoms with Crippen LogP contribution in [0.3, 0.4) is 0 Å². The van der Waals surface area contributed by atoms with E-state index in [1.54, 1.807) is 50.8 Å². The average Bonchev–Trinajstić information content (AvgIpc) is 3.47. The van der Waals surface area contributed by atoms with Crippen LogP contribution in [0.5, 0.6) is 0 Å². The number of aromatic nitrogens is 2. The summed E-state index contributed by atoms with van der Waals surface area (Å²) < 4.78 is 44.0. The maximum absolute atomic E-state index is 14.1. The number of anilines is 2. The summed E-state index contributed by atoms with van der Waals surface area (Å²) in [4.78, 5) is 26.1. The highest BCUT2D eigenvalue weighted by atomic mass is 19.4. The van der Waals surface area contributed by atoms with Gasteiger partial charge in [-0.1, -0.05) is 18.1 Å². The lowest BCUT2D eigenvalue weighted by molar-refractivity contribution is -0.138. The van der Waals surface area contributed by atoms with Crippen molar-refractivity contribution in [3.8, 4) is 11.8 Å². The number of piperazine rings is 1. The predicted octanol–water partition coefficient (Wildman–Crippen LogP) is 5.23. The molecule has 0 saturated carbocycles. The van der Waals surface area contributed by atoms with E-state index in [1.165, 1.54) is 12.1 Å². The number of benzene rings is 2. The van der Waals surface area contributed by atoms with Gasteiger partial charge in [0.05, 0.1) is 17.4 Å². The maximum atomic E-state index is 14.1. The SMILES string of the molecule is C/N=C(\C=C/NC)Nc1cccn2c(C#Cc3cc(C(=O)Nc4ccc(CN5CCN(C)CC5)c(C(F)(F)F)c4)ccc3C)cnc12. The van der Waals surface area contributed by atoms with E-state index in [0.717, 1.165) is 30.4 Å². The predicted molar refractivity (Wildman–Crippen MR) is 180 cm³/mol. The fourth-order valence-electron chi connectivity index (χ4n) is 5.21. The molecule has 1 amide bonds. The fraction of sp³-hybridized carbons (Fsp3) is 0.286. The quantitative estimate of drug-likeness (QED) is 0.145. The topological polar surface area (TPSA) is 89.3 Å². The van der Waals surface area contributed by atoms with E-state index >= 15 is 0 Å². The lowest BCUT2D eigenvalue weighted by Gasteiger charge is -2.33. The Bertz CT molecular complexity index is 1880. The summed E-state index contributed by atoms with van der Waals surface area (Å²) >= 11 is 0. The highest BCUT2D eigenvalue weighted by Gasteiger charge is 2.34. The van der Waals surface area contributed by atoms with Crippen molar-refractivity contribution in [3.05, 3.63) is 107 Å². The number of amides is 1. The van der Waals surface area contributed by atoms with Gasteiger partial charge in [-0.05, 0) is 79.7 Å². The summed E-state index contributed by atoms with van der Waals surface area (Å²) in [7, 11) is 5.49. The van der Waals surface area contributed by atoms with Gasteiger partial charge in [-0.15, -0.1) is 0 Å². The zero-order chi connectivity index (χ0) is 33.6. The number of likely N-dealkylation sites (N-methyl/N-ethyl adjacent to an activating group) is 1. The molecule has 0 bridgehead atoms. The van der Waals surface area contributed by atoms with Crippen LogP contribution in [-0.2, 0) is 12.7 Å². The molecule has 47 heavy (non-hydrogen) atoms. The number of pyridine rings is 1. The number of fused-ring (bicyclic) bond motifs is 1. The van der Waals surface area contributed by atoms with E-state index in [2.05, 4.69) is 42.7 Å². The Balaban J connectivity index is 1.34. The van der Waals surface area contributed by atoms with Crippen molar-refractivity contribution in [2.24, 2.45) is 4.99 Å². The van der Waals surface area contributed by atoms with Gasteiger partial charge >= 0.3 is 6.18 Å². The number of hydrogen-bond acceptors (Lipinski definition) is 6. The molecule has 3 heterocycles. The summed E-state index contributed by atoms with van der Waals surface area (Å²) in [6.45, 7) is 5.08. The standard InChI is InChI=1S/C35H37F3N8O/c1-24-7-8-26(34(47)42-28-11-9-27(30(21-28)35(36,37)38)23-45-18-16-44(4)17-19-45)20-25(24)10-12-29-22-41-33-31(6-5-15-46(29)33)43-32(40-3)13-14-39-2/h5-9,11,13-15,20-22,39H,16-19,23H2,1-4H3,(H,40,43)(H,42,47)/b14-13-. The van der Waals surface area contributed by atoms with Gasteiger partial charge in [0.1, 0.15) is 11.5 Å². The van der Waals surface area contributed by atoms with Gasteiger partial charge in [0.25, 0.3) is 5.91 Å². The monoisotopic (exact) mass is 642 g/mol. The molecule has 244 valence electrons. The first-order valence-corrected chi connectivity index (χ1v) is 15.1. The molecule has 0 atom stereocenters. The molecule has 3 N–H and O–H groups in total. The lowest BCUT2D eigenvalue weighted by atomic mass is 10.0. The van der Waals surface area contributed by atoms with Crippen LogP contribution in [-0.4, -0.2) is 78.2 Å². The molecule has 2 aromatic carbocycles. The first kappa shape index (κ1) is 33.2. The Kier molecular flexibility index (Phi) is 10.3. The number of carbonyl (C=O) groups is 1. The number of alkyl halides is 3. The van der Waals surface area contributed by atoms with E-state index in [-0.39, 0.29) is 23.4 Å². The largest absolute Gasteiger partial charge is 0.416 e. The number of nitrogens with one attached hydrogen (secondary N) is 3. The van der Waals surface area contributed by atoms with Gasteiger partial charge in [-0.2, -0.15) is 13.2 Å². The van der Waals surface area contributed by atoms with Gasteiger partial charge in [-0.3, -0.25) is 19.1 Å². The zero-order valence-corrected chi connectivity index (χ0v) is 26.7. The molecule has 0 spiro atoms. The van der Waals surface area contributed by atoms with Gasteiger partial charge in [-0.25, -0.2) is 4.98 Å². The summed E-state index contributed by atoms with van der Waals surface area (Å²) in [5, 5.41) is 8.83. The zero-order valence-electron chi connectivity index (χ0n) is 26.7. The summed E-state index contributed by atoms with van der Waals surface area (Å²) in [6.07, 6.45) is 2.53.